The summed E-state index contributed by atoms with van der Waals surface area (Å²) < 4.78 is 1.84. The number of carbonyl (C=O) groups is 1. The van der Waals surface area contributed by atoms with Gasteiger partial charge in [0.25, 0.3) is 0 Å². The van der Waals surface area contributed by atoms with E-state index in [2.05, 4.69) is 28.6 Å². The van der Waals surface area contributed by atoms with Gasteiger partial charge in [-0.3, -0.25) is 4.79 Å². The van der Waals surface area contributed by atoms with Crippen molar-refractivity contribution in [1.29, 1.82) is 0 Å². The van der Waals surface area contributed by atoms with E-state index in [4.69, 9.17) is 0 Å². The van der Waals surface area contributed by atoms with Crippen molar-refractivity contribution in [3.05, 3.63) is 114 Å². The molecular formula is C25H23N3O. The molecule has 1 heterocycles. The highest BCUT2D eigenvalue weighted by atomic mass is 16.1. The number of para-hydroxylation sites is 2. The number of benzene rings is 3. The summed E-state index contributed by atoms with van der Waals surface area (Å²) in [5.74, 6) is 0.0120. The van der Waals surface area contributed by atoms with E-state index in [9.17, 15) is 4.79 Å². The van der Waals surface area contributed by atoms with Crippen LogP contribution in [0.15, 0.2) is 97.3 Å². The van der Waals surface area contributed by atoms with E-state index in [1.807, 2.05) is 83.8 Å². The molecular weight excluding hydrogens is 358 g/mol. The van der Waals surface area contributed by atoms with Crippen molar-refractivity contribution < 1.29 is 4.79 Å². The van der Waals surface area contributed by atoms with Gasteiger partial charge in [0.05, 0.1) is 11.9 Å². The Bertz CT molecular complexity index is 1070. The minimum atomic E-state index is 0.0120. The molecule has 1 amide bonds. The van der Waals surface area contributed by atoms with Crippen LogP contribution in [0.25, 0.3) is 5.69 Å². The Kier molecular flexibility index (Phi) is 5.81. The summed E-state index contributed by atoms with van der Waals surface area (Å²) in [4.78, 5) is 12.5. The van der Waals surface area contributed by atoms with E-state index < -0.39 is 0 Å². The number of nitrogens with zero attached hydrogens (tertiary/aromatic N) is 2. The SMILES string of the molecule is O=C(CCc1cnn(-c2ccccc2)c1)Nc1ccccc1Cc1ccccc1. The number of hydrogen-bond acceptors (Lipinski definition) is 2. The van der Waals surface area contributed by atoms with E-state index in [0.29, 0.717) is 12.8 Å². The third-order valence-electron chi connectivity index (χ3n) is 4.83. The van der Waals surface area contributed by atoms with Crippen LogP contribution < -0.4 is 5.32 Å². The summed E-state index contributed by atoms with van der Waals surface area (Å²) in [7, 11) is 0. The topological polar surface area (TPSA) is 46.9 Å². The summed E-state index contributed by atoms with van der Waals surface area (Å²) in [5, 5.41) is 7.47. The van der Waals surface area contributed by atoms with Gasteiger partial charge in [0, 0.05) is 18.3 Å². The van der Waals surface area contributed by atoms with Gasteiger partial charge in [0.15, 0.2) is 0 Å². The molecule has 4 aromatic rings. The summed E-state index contributed by atoms with van der Waals surface area (Å²) in [6.45, 7) is 0. The second-order valence-electron chi connectivity index (χ2n) is 7.00. The maximum Gasteiger partial charge on any atom is 0.224 e. The number of aromatic nitrogens is 2. The summed E-state index contributed by atoms with van der Waals surface area (Å²) in [6, 6.07) is 28.2. The van der Waals surface area contributed by atoms with Gasteiger partial charge in [0.1, 0.15) is 0 Å². The van der Waals surface area contributed by atoms with Crippen molar-refractivity contribution in [3.63, 3.8) is 0 Å². The Labute approximate surface area is 170 Å². The Balaban J connectivity index is 1.36. The van der Waals surface area contributed by atoms with Crippen molar-refractivity contribution in [3.8, 4) is 5.69 Å². The standard InChI is InChI=1S/C25H23N3O/c29-25(16-15-21-18-26-28(19-21)23-12-5-2-6-13-23)27-24-14-8-7-11-22(24)17-20-9-3-1-4-10-20/h1-14,18-19H,15-17H2,(H,27,29). The van der Waals surface area contributed by atoms with E-state index in [-0.39, 0.29) is 5.91 Å². The Morgan fingerprint density at radius 3 is 2.31 bits per heavy atom. The normalized spacial score (nSPS) is 10.6. The molecule has 0 bridgehead atoms. The predicted octanol–water partition coefficient (Wildman–Crippen LogP) is 5.03. The zero-order valence-corrected chi connectivity index (χ0v) is 16.2. The largest absolute Gasteiger partial charge is 0.326 e. The number of anilines is 1. The van der Waals surface area contributed by atoms with Gasteiger partial charge in [0.2, 0.25) is 5.91 Å². The Morgan fingerprint density at radius 2 is 1.52 bits per heavy atom. The second kappa shape index (κ2) is 9.02. The molecule has 1 aromatic heterocycles. The average Bonchev–Trinajstić information content (AvgIpc) is 3.24. The minimum Gasteiger partial charge on any atom is -0.326 e. The lowest BCUT2D eigenvalue weighted by atomic mass is 10.0. The van der Waals surface area contributed by atoms with Gasteiger partial charge < -0.3 is 5.32 Å². The van der Waals surface area contributed by atoms with Gasteiger partial charge >= 0.3 is 0 Å². The minimum absolute atomic E-state index is 0.0120. The molecule has 0 fully saturated rings. The molecule has 0 aliphatic carbocycles. The number of aryl methyl sites for hydroxylation is 1. The molecule has 144 valence electrons. The fraction of sp³-hybridized carbons (Fsp3) is 0.120. The molecule has 0 radical (unpaired) electrons. The molecule has 0 spiro atoms. The molecule has 0 aliphatic heterocycles. The van der Waals surface area contributed by atoms with E-state index >= 15 is 0 Å². The lowest BCUT2D eigenvalue weighted by Gasteiger charge is -2.11. The molecule has 1 N–H and O–H groups in total. The van der Waals surface area contributed by atoms with Crippen LogP contribution in [0.4, 0.5) is 5.69 Å². The van der Waals surface area contributed by atoms with Gasteiger partial charge in [-0.15, -0.1) is 0 Å². The number of amides is 1. The molecule has 0 atom stereocenters. The maximum absolute atomic E-state index is 12.5. The van der Waals surface area contributed by atoms with Crippen molar-refractivity contribution >= 4 is 11.6 Å². The molecule has 0 saturated heterocycles. The lowest BCUT2D eigenvalue weighted by Crippen LogP contribution is -2.13. The highest BCUT2D eigenvalue weighted by molar-refractivity contribution is 5.91. The highest BCUT2D eigenvalue weighted by Gasteiger charge is 2.09. The fourth-order valence-corrected chi connectivity index (χ4v) is 3.29. The lowest BCUT2D eigenvalue weighted by molar-refractivity contribution is -0.116. The van der Waals surface area contributed by atoms with Crippen LogP contribution in [0, 0.1) is 0 Å². The summed E-state index contributed by atoms with van der Waals surface area (Å²) >= 11 is 0. The van der Waals surface area contributed by atoms with Gasteiger partial charge in [-0.25, -0.2) is 4.68 Å². The number of carbonyl (C=O) groups excluding carboxylic acids is 1. The van der Waals surface area contributed by atoms with Crippen LogP contribution in [0.1, 0.15) is 23.1 Å². The molecule has 0 aliphatic rings. The highest BCUT2D eigenvalue weighted by Crippen LogP contribution is 2.19. The van der Waals surface area contributed by atoms with Crippen LogP contribution >= 0.6 is 0 Å². The smallest absolute Gasteiger partial charge is 0.224 e. The first-order valence-electron chi connectivity index (χ1n) is 9.78. The monoisotopic (exact) mass is 381 g/mol. The third-order valence-corrected chi connectivity index (χ3v) is 4.83. The van der Waals surface area contributed by atoms with Crippen molar-refractivity contribution in [2.75, 3.05) is 5.32 Å². The molecule has 4 nitrogen and oxygen atoms in total. The zero-order chi connectivity index (χ0) is 19.9. The first-order valence-corrected chi connectivity index (χ1v) is 9.78. The van der Waals surface area contributed by atoms with E-state index in [0.717, 1.165) is 28.9 Å². The van der Waals surface area contributed by atoms with Crippen molar-refractivity contribution in [2.45, 2.75) is 19.3 Å². The summed E-state index contributed by atoms with van der Waals surface area (Å²) in [6.07, 6.45) is 5.66. The number of hydrogen-bond donors (Lipinski definition) is 1. The predicted molar refractivity (Wildman–Crippen MR) is 116 cm³/mol. The van der Waals surface area contributed by atoms with Gasteiger partial charge in [-0.05, 0) is 47.7 Å². The van der Waals surface area contributed by atoms with Gasteiger partial charge in [-0.1, -0.05) is 66.7 Å². The summed E-state index contributed by atoms with van der Waals surface area (Å²) in [5.41, 5.74) is 5.27. The Hall–Kier alpha value is -3.66. The quantitative estimate of drug-likeness (QED) is 0.488. The molecule has 4 rings (SSSR count). The fourth-order valence-electron chi connectivity index (χ4n) is 3.29. The average molecular weight is 381 g/mol. The van der Waals surface area contributed by atoms with Crippen LogP contribution in [0.5, 0.6) is 0 Å². The van der Waals surface area contributed by atoms with Crippen molar-refractivity contribution in [2.24, 2.45) is 0 Å². The zero-order valence-electron chi connectivity index (χ0n) is 16.2. The van der Waals surface area contributed by atoms with E-state index in [1.54, 1.807) is 0 Å². The second-order valence-corrected chi connectivity index (χ2v) is 7.00. The number of rotatable bonds is 7. The van der Waals surface area contributed by atoms with Crippen LogP contribution in [-0.2, 0) is 17.6 Å². The molecule has 4 heteroatoms. The molecule has 29 heavy (non-hydrogen) atoms. The Morgan fingerprint density at radius 1 is 0.828 bits per heavy atom. The first-order chi connectivity index (χ1) is 14.3. The maximum atomic E-state index is 12.5. The number of nitrogens with one attached hydrogen (secondary N) is 1. The molecule has 0 saturated carbocycles. The molecule has 0 unspecified atom stereocenters. The molecule has 3 aromatic carbocycles. The van der Waals surface area contributed by atoms with Crippen molar-refractivity contribution in [1.82, 2.24) is 9.78 Å². The van der Waals surface area contributed by atoms with Crippen LogP contribution in [-0.4, -0.2) is 15.7 Å². The van der Waals surface area contributed by atoms with Crippen LogP contribution in [0.3, 0.4) is 0 Å². The van der Waals surface area contributed by atoms with Crippen LogP contribution in [0.2, 0.25) is 0 Å². The van der Waals surface area contributed by atoms with E-state index in [1.165, 1.54) is 5.56 Å². The first kappa shape index (κ1) is 18.7. The van der Waals surface area contributed by atoms with Gasteiger partial charge in [-0.2, -0.15) is 5.10 Å². The third kappa shape index (κ3) is 4.99.